The third-order valence-electron chi connectivity index (χ3n) is 5.31. The molecular weight excluding hydrogens is 378 g/mol. The van der Waals surface area contributed by atoms with Crippen molar-refractivity contribution in [1.82, 2.24) is 4.57 Å². The molecule has 0 radical (unpaired) electrons. The Morgan fingerprint density at radius 1 is 1.00 bits per heavy atom. The highest BCUT2D eigenvalue weighted by atomic mass is 16.6. The van der Waals surface area contributed by atoms with Gasteiger partial charge in [-0.3, -0.25) is 14.7 Å². The smallest absolute Gasteiger partial charge is 0.269 e. The van der Waals surface area contributed by atoms with Crippen LogP contribution in [0, 0.1) is 21.4 Å². The summed E-state index contributed by atoms with van der Waals surface area (Å²) < 4.78 is 8.07. The van der Waals surface area contributed by atoms with Crippen molar-refractivity contribution >= 4 is 22.3 Å². The van der Waals surface area contributed by atoms with Gasteiger partial charge in [-0.15, -0.1) is 0 Å². The molecular formula is C24H15N3O3. The first-order valence-electron chi connectivity index (χ1n) is 9.39. The van der Waals surface area contributed by atoms with E-state index in [-0.39, 0.29) is 5.69 Å². The second-order valence-corrected chi connectivity index (χ2v) is 7.01. The fourth-order valence-electron chi connectivity index (χ4n) is 3.97. The third-order valence-corrected chi connectivity index (χ3v) is 5.31. The van der Waals surface area contributed by atoms with Crippen LogP contribution in [-0.2, 0) is 0 Å². The van der Waals surface area contributed by atoms with Gasteiger partial charge in [-0.25, -0.2) is 0 Å². The van der Waals surface area contributed by atoms with E-state index in [1.54, 1.807) is 10.6 Å². The Morgan fingerprint density at radius 2 is 1.80 bits per heavy atom. The minimum atomic E-state index is -0.486. The van der Waals surface area contributed by atoms with Gasteiger partial charge in [-0.05, 0) is 23.1 Å². The van der Waals surface area contributed by atoms with Gasteiger partial charge in [0.2, 0.25) is 5.88 Å². The molecule has 144 valence electrons. The van der Waals surface area contributed by atoms with Crippen molar-refractivity contribution in [3.63, 3.8) is 0 Å². The predicted octanol–water partition coefficient (Wildman–Crippen LogP) is 5.47. The second-order valence-electron chi connectivity index (χ2n) is 7.01. The summed E-state index contributed by atoms with van der Waals surface area (Å²) in [5, 5.41) is 23.4. The van der Waals surface area contributed by atoms with Gasteiger partial charge in [-0.2, -0.15) is 5.26 Å². The number of hydrogen-bond acceptors (Lipinski definition) is 4. The van der Waals surface area contributed by atoms with E-state index in [4.69, 9.17) is 4.74 Å². The molecule has 0 saturated carbocycles. The van der Waals surface area contributed by atoms with Crippen LogP contribution < -0.4 is 4.74 Å². The van der Waals surface area contributed by atoms with E-state index >= 15 is 0 Å². The quantitative estimate of drug-likeness (QED) is 0.342. The van der Waals surface area contributed by atoms with E-state index in [1.165, 1.54) is 12.1 Å². The maximum atomic E-state index is 11.4. The van der Waals surface area contributed by atoms with Crippen LogP contribution in [0.5, 0.6) is 5.75 Å². The van der Waals surface area contributed by atoms with Crippen molar-refractivity contribution in [2.45, 2.75) is 5.92 Å². The van der Waals surface area contributed by atoms with Crippen LogP contribution in [0.15, 0.2) is 90.8 Å². The molecule has 30 heavy (non-hydrogen) atoms. The lowest BCUT2D eigenvalue weighted by molar-refractivity contribution is -0.384. The van der Waals surface area contributed by atoms with Gasteiger partial charge >= 0.3 is 0 Å². The average Bonchev–Trinajstić information content (AvgIpc) is 3.32. The zero-order valence-electron chi connectivity index (χ0n) is 15.7. The molecule has 0 N–H and O–H groups in total. The molecule has 6 nitrogen and oxygen atoms in total. The SMILES string of the molecule is N#CC1=C(n2cccc2)Oc2c(ccc3ccccc23)C1c1cccc([N+](=O)[O-])c1. The lowest BCUT2D eigenvalue weighted by Crippen LogP contribution is -2.18. The standard InChI is InChI=1S/C24H15N3O3/c25-15-21-22(17-7-5-8-18(14-17)27(28)29)20-11-10-16-6-1-2-9-19(16)23(20)30-24(21)26-12-3-4-13-26/h1-14,22H. The number of nitro groups is 1. The first-order valence-corrected chi connectivity index (χ1v) is 9.39. The van der Waals surface area contributed by atoms with Crippen LogP contribution in [0.25, 0.3) is 16.7 Å². The largest absolute Gasteiger partial charge is 0.438 e. The van der Waals surface area contributed by atoms with E-state index in [0.29, 0.717) is 22.8 Å². The highest BCUT2D eigenvalue weighted by molar-refractivity contribution is 5.92. The van der Waals surface area contributed by atoms with Gasteiger partial charge in [0.25, 0.3) is 5.69 Å². The number of allylic oxidation sites excluding steroid dienone is 1. The normalized spacial score (nSPS) is 15.4. The number of non-ortho nitro benzene ring substituents is 1. The van der Waals surface area contributed by atoms with E-state index < -0.39 is 10.8 Å². The molecule has 0 fully saturated rings. The number of nitro benzene ring substituents is 1. The van der Waals surface area contributed by atoms with Crippen LogP contribution in [0.3, 0.4) is 0 Å². The van der Waals surface area contributed by atoms with Crippen molar-refractivity contribution in [2.75, 3.05) is 0 Å². The van der Waals surface area contributed by atoms with Crippen molar-refractivity contribution in [3.05, 3.63) is 112 Å². The van der Waals surface area contributed by atoms with Gasteiger partial charge in [0, 0.05) is 35.5 Å². The zero-order chi connectivity index (χ0) is 20.7. The number of hydrogen-bond donors (Lipinski definition) is 0. The number of rotatable bonds is 3. The molecule has 0 spiro atoms. The lowest BCUT2D eigenvalue weighted by Gasteiger charge is -2.29. The summed E-state index contributed by atoms with van der Waals surface area (Å²) >= 11 is 0. The van der Waals surface area contributed by atoms with Crippen molar-refractivity contribution in [3.8, 4) is 11.8 Å². The Hall–Kier alpha value is -4.37. The Bertz CT molecular complexity index is 1360. The summed E-state index contributed by atoms with van der Waals surface area (Å²) in [6, 6.07) is 24.2. The summed E-state index contributed by atoms with van der Waals surface area (Å²) in [5.41, 5.74) is 1.86. The molecule has 1 atom stereocenters. The van der Waals surface area contributed by atoms with Crippen molar-refractivity contribution in [1.29, 1.82) is 5.26 Å². The second kappa shape index (κ2) is 6.90. The number of nitriles is 1. The van der Waals surface area contributed by atoms with E-state index in [0.717, 1.165) is 16.3 Å². The van der Waals surface area contributed by atoms with E-state index in [1.807, 2.05) is 67.0 Å². The summed E-state index contributed by atoms with van der Waals surface area (Å²) in [6.45, 7) is 0. The zero-order valence-corrected chi connectivity index (χ0v) is 15.7. The van der Waals surface area contributed by atoms with Crippen LogP contribution in [-0.4, -0.2) is 9.49 Å². The molecule has 3 aromatic carbocycles. The number of ether oxygens (including phenoxy) is 1. The van der Waals surface area contributed by atoms with E-state index in [9.17, 15) is 15.4 Å². The molecule has 0 bridgehead atoms. The molecule has 1 aromatic heterocycles. The number of benzene rings is 3. The highest BCUT2D eigenvalue weighted by Gasteiger charge is 2.33. The Labute approximate surface area is 172 Å². The number of aromatic nitrogens is 1. The number of nitrogens with zero attached hydrogens (tertiary/aromatic N) is 3. The van der Waals surface area contributed by atoms with E-state index in [2.05, 4.69) is 6.07 Å². The first-order chi connectivity index (χ1) is 14.7. The molecule has 5 rings (SSSR count). The lowest BCUT2D eigenvalue weighted by atomic mass is 9.82. The minimum Gasteiger partial charge on any atom is -0.438 e. The molecule has 0 aliphatic carbocycles. The summed E-state index contributed by atoms with van der Waals surface area (Å²) in [5.74, 6) is 0.579. The van der Waals surface area contributed by atoms with Gasteiger partial charge in [-0.1, -0.05) is 48.5 Å². The molecule has 1 unspecified atom stereocenters. The fraction of sp³-hybridized carbons (Fsp3) is 0.0417. The Kier molecular flexibility index (Phi) is 4.08. The topological polar surface area (TPSA) is 81.1 Å². The number of fused-ring (bicyclic) bond motifs is 3. The minimum absolute atomic E-state index is 0.0128. The fourth-order valence-corrected chi connectivity index (χ4v) is 3.97. The molecule has 4 aromatic rings. The maximum absolute atomic E-state index is 11.4. The van der Waals surface area contributed by atoms with Crippen LogP contribution in [0.1, 0.15) is 17.0 Å². The van der Waals surface area contributed by atoms with Crippen molar-refractivity contribution in [2.24, 2.45) is 0 Å². The maximum Gasteiger partial charge on any atom is 0.269 e. The summed E-state index contributed by atoms with van der Waals surface area (Å²) in [4.78, 5) is 10.9. The van der Waals surface area contributed by atoms with Crippen LogP contribution in [0.2, 0.25) is 0 Å². The summed E-state index contributed by atoms with van der Waals surface area (Å²) in [6.07, 6.45) is 3.63. The Morgan fingerprint density at radius 3 is 2.57 bits per heavy atom. The molecule has 1 aliphatic heterocycles. The average molecular weight is 393 g/mol. The van der Waals surface area contributed by atoms with Gasteiger partial charge in [0.1, 0.15) is 17.4 Å². The highest BCUT2D eigenvalue weighted by Crippen LogP contribution is 2.47. The van der Waals surface area contributed by atoms with Crippen LogP contribution >= 0.6 is 0 Å². The molecule has 1 aliphatic rings. The van der Waals surface area contributed by atoms with Gasteiger partial charge < -0.3 is 4.74 Å². The summed E-state index contributed by atoms with van der Waals surface area (Å²) in [7, 11) is 0. The Balaban J connectivity index is 1.83. The molecule has 0 amide bonds. The molecule has 6 heteroatoms. The van der Waals surface area contributed by atoms with Gasteiger partial charge in [0.05, 0.1) is 10.8 Å². The van der Waals surface area contributed by atoms with Crippen LogP contribution in [0.4, 0.5) is 5.69 Å². The van der Waals surface area contributed by atoms with Crippen molar-refractivity contribution < 1.29 is 9.66 Å². The molecule has 2 heterocycles. The third kappa shape index (κ3) is 2.73. The molecule has 0 saturated heterocycles. The first kappa shape index (κ1) is 17.7. The predicted molar refractivity (Wildman–Crippen MR) is 113 cm³/mol. The monoisotopic (exact) mass is 393 g/mol. The van der Waals surface area contributed by atoms with Gasteiger partial charge in [0.15, 0.2) is 0 Å².